The molecule has 0 spiro atoms. The van der Waals surface area contributed by atoms with Gasteiger partial charge in [-0.1, -0.05) is 30.3 Å². The number of hydrogen-bond acceptors (Lipinski definition) is 2. The van der Waals surface area contributed by atoms with Crippen molar-refractivity contribution in [3.05, 3.63) is 35.9 Å². The molecule has 76 valence electrons. The quantitative estimate of drug-likeness (QED) is 0.649. The second kappa shape index (κ2) is 5.99. The summed E-state index contributed by atoms with van der Waals surface area (Å²) in [6.07, 6.45) is 0. The number of carbonyl (C=O) groups is 1. The first kappa shape index (κ1) is 10.5. The lowest BCUT2D eigenvalue weighted by Crippen LogP contribution is -2.37. The second-order valence-corrected chi connectivity index (χ2v) is 2.88. The lowest BCUT2D eigenvalue weighted by Gasteiger charge is -2.06. The first-order chi connectivity index (χ1) is 6.83. The van der Waals surface area contributed by atoms with Gasteiger partial charge >= 0.3 is 6.03 Å². The Kier molecular flexibility index (Phi) is 4.50. The van der Waals surface area contributed by atoms with Crippen LogP contribution in [0.25, 0.3) is 0 Å². The summed E-state index contributed by atoms with van der Waals surface area (Å²) in [6.45, 7) is 1.50. The van der Waals surface area contributed by atoms with Crippen LogP contribution in [0.3, 0.4) is 0 Å². The minimum atomic E-state index is -0.181. The lowest BCUT2D eigenvalue weighted by atomic mass is 10.2. The van der Waals surface area contributed by atoms with Gasteiger partial charge in [-0.3, -0.25) is 0 Å². The maximum absolute atomic E-state index is 11.1. The summed E-state index contributed by atoms with van der Waals surface area (Å²) in [4.78, 5) is 11.1. The van der Waals surface area contributed by atoms with Crippen LogP contribution in [0.5, 0.6) is 0 Å². The van der Waals surface area contributed by atoms with Crippen molar-refractivity contribution in [3.8, 4) is 0 Å². The zero-order valence-electron chi connectivity index (χ0n) is 7.99. The van der Waals surface area contributed by atoms with Crippen LogP contribution in [0.15, 0.2) is 30.3 Å². The fraction of sp³-hybridized carbons (Fsp3) is 0.300. The van der Waals surface area contributed by atoms with E-state index in [9.17, 15) is 4.79 Å². The smallest absolute Gasteiger partial charge is 0.315 e. The highest BCUT2D eigenvalue weighted by Gasteiger charge is 1.97. The van der Waals surface area contributed by atoms with Crippen molar-refractivity contribution in [2.24, 2.45) is 5.73 Å². The molecule has 0 fully saturated rings. The molecule has 2 amide bonds. The van der Waals surface area contributed by atoms with Crippen LogP contribution in [0.1, 0.15) is 5.56 Å². The maximum atomic E-state index is 11.1. The largest absolute Gasteiger partial charge is 0.337 e. The van der Waals surface area contributed by atoms with Crippen molar-refractivity contribution in [1.29, 1.82) is 0 Å². The Morgan fingerprint density at radius 3 is 2.57 bits per heavy atom. The molecule has 4 heteroatoms. The van der Waals surface area contributed by atoms with E-state index < -0.39 is 0 Å². The van der Waals surface area contributed by atoms with Crippen LogP contribution in [0, 0.1) is 0 Å². The minimum Gasteiger partial charge on any atom is -0.337 e. The van der Waals surface area contributed by atoms with Gasteiger partial charge in [0.05, 0.1) is 0 Å². The average molecular weight is 193 g/mol. The molecule has 0 aliphatic carbocycles. The van der Waals surface area contributed by atoms with E-state index in [4.69, 9.17) is 5.73 Å². The zero-order valence-corrected chi connectivity index (χ0v) is 7.99. The van der Waals surface area contributed by atoms with Crippen molar-refractivity contribution in [3.63, 3.8) is 0 Å². The van der Waals surface area contributed by atoms with Crippen molar-refractivity contribution >= 4 is 6.03 Å². The van der Waals surface area contributed by atoms with E-state index >= 15 is 0 Å². The lowest BCUT2D eigenvalue weighted by molar-refractivity contribution is 0.241. The fourth-order valence-corrected chi connectivity index (χ4v) is 1.03. The zero-order chi connectivity index (χ0) is 10.2. The Morgan fingerprint density at radius 1 is 1.21 bits per heavy atom. The molecule has 1 aromatic rings. The van der Waals surface area contributed by atoms with Gasteiger partial charge < -0.3 is 16.4 Å². The highest BCUT2D eigenvalue weighted by Crippen LogP contribution is 1.96. The molecule has 1 rings (SSSR count). The topological polar surface area (TPSA) is 67.1 Å². The first-order valence-corrected chi connectivity index (χ1v) is 4.58. The van der Waals surface area contributed by atoms with Gasteiger partial charge in [-0.2, -0.15) is 0 Å². The third-order valence-corrected chi connectivity index (χ3v) is 1.73. The Morgan fingerprint density at radius 2 is 1.93 bits per heavy atom. The minimum absolute atomic E-state index is 0.181. The van der Waals surface area contributed by atoms with Crippen molar-refractivity contribution in [2.45, 2.75) is 6.54 Å². The van der Waals surface area contributed by atoms with Crippen molar-refractivity contribution < 1.29 is 4.79 Å². The monoisotopic (exact) mass is 193 g/mol. The molecule has 0 heterocycles. The Labute approximate surface area is 83.5 Å². The summed E-state index contributed by atoms with van der Waals surface area (Å²) in [7, 11) is 0. The molecule has 0 aliphatic rings. The van der Waals surface area contributed by atoms with E-state index in [1.807, 2.05) is 30.3 Å². The fourth-order valence-electron chi connectivity index (χ4n) is 1.03. The molecule has 0 bridgehead atoms. The maximum Gasteiger partial charge on any atom is 0.315 e. The van der Waals surface area contributed by atoms with E-state index in [-0.39, 0.29) is 6.03 Å². The molecule has 1 aromatic carbocycles. The van der Waals surface area contributed by atoms with Crippen LogP contribution >= 0.6 is 0 Å². The third kappa shape index (κ3) is 3.91. The molecule has 14 heavy (non-hydrogen) atoms. The summed E-state index contributed by atoms with van der Waals surface area (Å²) in [5.74, 6) is 0. The third-order valence-electron chi connectivity index (χ3n) is 1.73. The standard InChI is InChI=1S/C10H15N3O/c11-6-7-12-10(14)13-8-9-4-2-1-3-5-9/h1-5H,6-8,11H2,(H2,12,13,14). The molecule has 0 atom stereocenters. The molecule has 0 saturated carbocycles. The predicted octanol–water partition coefficient (Wildman–Crippen LogP) is 0.444. The Bertz CT molecular complexity index is 274. The van der Waals surface area contributed by atoms with Crippen LogP contribution in [0.2, 0.25) is 0 Å². The number of nitrogens with one attached hydrogen (secondary N) is 2. The summed E-state index contributed by atoms with van der Waals surface area (Å²) < 4.78 is 0. The predicted molar refractivity (Wildman–Crippen MR) is 55.7 cm³/mol. The van der Waals surface area contributed by atoms with Gasteiger partial charge in [0.15, 0.2) is 0 Å². The van der Waals surface area contributed by atoms with Gasteiger partial charge in [0.25, 0.3) is 0 Å². The summed E-state index contributed by atoms with van der Waals surface area (Å²) in [5.41, 5.74) is 6.32. The summed E-state index contributed by atoms with van der Waals surface area (Å²) in [6, 6.07) is 9.56. The van der Waals surface area contributed by atoms with Crippen LogP contribution in [-0.2, 0) is 6.54 Å². The number of urea groups is 1. The van der Waals surface area contributed by atoms with Crippen LogP contribution < -0.4 is 16.4 Å². The van der Waals surface area contributed by atoms with Crippen molar-refractivity contribution in [2.75, 3.05) is 13.1 Å². The van der Waals surface area contributed by atoms with E-state index in [0.717, 1.165) is 5.56 Å². The highest BCUT2D eigenvalue weighted by atomic mass is 16.2. The molecular weight excluding hydrogens is 178 g/mol. The molecule has 4 N–H and O–H groups in total. The highest BCUT2D eigenvalue weighted by molar-refractivity contribution is 5.73. The van der Waals surface area contributed by atoms with Gasteiger partial charge in [0, 0.05) is 19.6 Å². The van der Waals surface area contributed by atoms with Gasteiger partial charge in [0.1, 0.15) is 0 Å². The van der Waals surface area contributed by atoms with Crippen molar-refractivity contribution in [1.82, 2.24) is 10.6 Å². The Balaban J connectivity index is 2.24. The number of hydrogen-bond donors (Lipinski definition) is 3. The molecule has 0 saturated heterocycles. The van der Waals surface area contributed by atoms with E-state index in [1.165, 1.54) is 0 Å². The number of nitrogens with two attached hydrogens (primary N) is 1. The molecule has 4 nitrogen and oxygen atoms in total. The molecule has 0 radical (unpaired) electrons. The molecular formula is C10H15N3O. The number of rotatable bonds is 4. The summed E-state index contributed by atoms with van der Waals surface area (Å²) >= 11 is 0. The normalized spacial score (nSPS) is 9.50. The average Bonchev–Trinajstić information content (AvgIpc) is 2.25. The molecule has 0 aromatic heterocycles. The first-order valence-electron chi connectivity index (χ1n) is 4.58. The number of amides is 2. The molecule has 0 unspecified atom stereocenters. The number of carbonyl (C=O) groups excluding carboxylic acids is 1. The van der Waals surface area contributed by atoms with E-state index in [0.29, 0.717) is 19.6 Å². The van der Waals surface area contributed by atoms with Gasteiger partial charge in [0.2, 0.25) is 0 Å². The second-order valence-electron chi connectivity index (χ2n) is 2.88. The Hall–Kier alpha value is -1.55. The van der Waals surface area contributed by atoms with Gasteiger partial charge in [-0.15, -0.1) is 0 Å². The van der Waals surface area contributed by atoms with E-state index in [2.05, 4.69) is 10.6 Å². The molecule has 0 aliphatic heterocycles. The summed E-state index contributed by atoms with van der Waals surface area (Å²) in [5, 5.41) is 5.36. The SMILES string of the molecule is NCCNC(=O)NCc1ccccc1. The van der Waals surface area contributed by atoms with E-state index in [1.54, 1.807) is 0 Å². The van der Waals surface area contributed by atoms with Gasteiger partial charge in [-0.05, 0) is 5.56 Å². The van der Waals surface area contributed by atoms with Gasteiger partial charge in [-0.25, -0.2) is 4.79 Å². The van der Waals surface area contributed by atoms with Crippen LogP contribution in [0.4, 0.5) is 4.79 Å². The van der Waals surface area contributed by atoms with Crippen LogP contribution in [-0.4, -0.2) is 19.1 Å². The number of benzene rings is 1.